The predicted molar refractivity (Wildman–Crippen MR) is 75.3 cm³/mol. The minimum absolute atomic E-state index is 0.185. The maximum absolute atomic E-state index is 14.0. The van der Waals surface area contributed by atoms with E-state index in [-0.39, 0.29) is 11.1 Å². The van der Waals surface area contributed by atoms with E-state index in [0.717, 1.165) is 10.5 Å². The van der Waals surface area contributed by atoms with Gasteiger partial charge in [-0.15, -0.1) is 11.8 Å². The monoisotopic (exact) mass is 279 g/mol. The Hall–Kier alpha value is -1.39. The molecule has 0 aliphatic rings. The zero-order chi connectivity index (χ0) is 14.0. The molecule has 0 aromatic heterocycles. The largest absolute Gasteiger partial charge is 0.320 e. The van der Waals surface area contributed by atoms with Gasteiger partial charge in [0, 0.05) is 10.5 Å². The maximum atomic E-state index is 14.0. The lowest BCUT2D eigenvalue weighted by molar-refractivity contribution is 0.489. The first-order chi connectivity index (χ1) is 9.06. The first kappa shape index (κ1) is 14.0. The average Bonchev–Trinajstić information content (AvgIpc) is 2.44. The van der Waals surface area contributed by atoms with Crippen LogP contribution in [0.1, 0.15) is 22.7 Å². The second-order valence-corrected chi connectivity index (χ2v) is 5.17. The SMILES string of the molecule is CSc1ccccc1C(N)c1ccc(C)c(F)c1F. The van der Waals surface area contributed by atoms with Crippen LogP contribution in [0.4, 0.5) is 8.78 Å². The van der Waals surface area contributed by atoms with Crippen molar-refractivity contribution in [1.29, 1.82) is 0 Å². The van der Waals surface area contributed by atoms with Gasteiger partial charge in [0.15, 0.2) is 11.6 Å². The highest BCUT2D eigenvalue weighted by Gasteiger charge is 2.19. The van der Waals surface area contributed by atoms with E-state index in [2.05, 4.69) is 0 Å². The average molecular weight is 279 g/mol. The quantitative estimate of drug-likeness (QED) is 0.858. The first-order valence-electron chi connectivity index (χ1n) is 5.89. The van der Waals surface area contributed by atoms with Gasteiger partial charge in [0.2, 0.25) is 0 Å². The van der Waals surface area contributed by atoms with Gasteiger partial charge in [0.1, 0.15) is 0 Å². The third-order valence-corrected chi connectivity index (χ3v) is 3.93. The molecular weight excluding hydrogens is 264 g/mol. The van der Waals surface area contributed by atoms with Crippen LogP contribution in [0.5, 0.6) is 0 Å². The topological polar surface area (TPSA) is 26.0 Å². The van der Waals surface area contributed by atoms with Crippen LogP contribution in [0.15, 0.2) is 41.3 Å². The van der Waals surface area contributed by atoms with Crippen molar-refractivity contribution in [1.82, 2.24) is 0 Å². The molecule has 0 heterocycles. The van der Waals surface area contributed by atoms with E-state index < -0.39 is 17.7 Å². The Bertz CT molecular complexity index is 599. The van der Waals surface area contributed by atoms with Gasteiger partial charge in [0.05, 0.1) is 6.04 Å². The summed E-state index contributed by atoms with van der Waals surface area (Å²) in [5.41, 5.74) is 7.36. The molecule has 0 saturated heterocycles. The molecule has 1 nitrogen and oxygen atoms in total. The normalized spacial score (nSPS) is 12.5. The summed E-state index contributed by atoms with van der Waals surface area (Å²) in [5, 5.41) is 0. The Morgan fingerprint density at radius 3 is 2.37 bits per heavy atom. The highest BCUT2D eigenvalue weighted by atomic mass is 32.2. The number of hydrogen-bond donors (Lipinski definition) is 1. The van der Waals surface area contributed by atoms with E-state index in [1.54, 1.807) is 12.1 Å². The van der Waals surface area contributed by atoms with E-state index in [9.17, 15) is 8.78 Å². The molecule has 0 amide bonds. The van der Waals surface area contributed by atoms with Crippen LogP contribution in [0.2, 0.25) is 0 Å². The maximum Gasteiger partial charge on any atom is 0.164 e. The van der Waals surface area contributed by atoms with Crippen LogP contribution < -0.4 is 5.73 Å². The molecule has 2 aromatic carbocycles. The minimum Gasteiger partial charge on any atom is -0.320 e. The number of hydrogen-bond acceptors (Lipinski definition) is 2. The summed E-state index contributed by atoms with van der Waals surface area (Å²) < 4.78 is 27.6. The number of thioether (sulfide) groups is 1. The summed E-state index contributed by atoms with van der Waals surface area (Å²) >= 11 is 1.54. The molecule has 0 fully saturated rings. The molecule has 1 unspecified atom stereocenters. The number of halogens is 2. The van der Waals surface area contributed by atoms with Crippen LogP contribution in [-0.2, 0) is 0 Å². The van der Waals surface area contributed by atoms with E-state index in [4.69, 9.17) is 5.73 Å². The standard InChI is InChI=1S/C15H15F2NS/c1-9-7-8-11(14(17)13(9)16)15(18)10-5-3-4-6-12(10)19-2/h3-8,15H,18H2,1-2H3. The van der Waals surface area contributed by atoms with Gasteiger partial charge in [0.25, 0.3) is 0 Å². The zero-order valence-electron chi connectivity index (χ0n) is 10.8. The summed E-state index contributed by atoms with van der Waals surface area (Å²) in [5.74, 6) is -1.68. The lowest BCUT2D eigenvalue weighted by Gasteiger charge is -2.17. The van der Waals surface area contributed by atoms with Crippen molar-refractivity contribution in [3.05, 3.63) is 64.7 Å². The predicted octanol–water partition coefficient (Wildman–Crippen LogP) is 4.04. The highest BCUT2D eigenvalue weighted by molar-refractivity contribution is 7.98. The lowest BCUT2D eigenvalue weighted by Crippen LogP contribution is -2.15. The molecule has 100 valence electrons. The van der Waals surface area contributed by atoms with Crippen LogP contribution >= 0.6 is 11.8 Å². The van der Waals surface area contributed by atoms with Crippen LogP contribution in [0.3, 0.4) is 0 Å². The molecule has 2 aromatic rings. The van der Waals surface area contributed by atoms with Gasteiger partial charge in [-0.2, -0.15) is 0 Å². The van der Waals surface area contributed by atoms with Crippen LogP contribution in [0.25, 0.3) is 0 Å². The smallest absolute Gasteiger partial charge is 0.164 e. The van der Waals surface area contributed by atoms with Gasteiger partial charge in [-0.25, -0.2) is 8.78 Å². The second-order valence-electron chi connectivity index (χ2n) is 4.32. The fraction of sp³-hybridized carbons (Fsp3) is 0.200. The Balaban J connectivity index is 2.50. The molecule has 0 spiro atoms. The molecule has 19 heavy (non-hydrogen) atoms. The Kier molecular flexibility index (Phi) is 4.22. The van der Waals surface area contributed by atoms with Crippen molar-refractivity contribution in [3.63, 3.8) is 0 Å². The minimum atomic E-state index is -0.858. The molecule has 2 N–H and O–H groups in total. The number of benzene rings is 2. The number of aryl methyl sites for hydroxylation is 1. The van der Waals surface area contributed by atoms with Crippen molar-refractivity contribution in [3.8, 4) is 0 Å². The summed E-state index contributed by atoms with van der Waals surface area (Å²) in [6.07, 6.45) is 1.93. The molecule has 0 saturated carbocycles. The molecule has 1 atom stereocenters. The van der Waals surface area contributed by atoms with Crippen LogP contribution in [0, 0.1) is 18.6 Å². The molecular formula is C15H15F2NS. The summed E-state index contributed by atoms with van der Waals surface area (Å²) in [6.45, 7) is 1.53. The molecule has 4 heteroatoms. The lowest BCUT2D eigenvalue weighted by atomic mass is 9.98. The Morgan fingerprint density at radius 1 is 1.00 bits per heavy atom. The Labute approximate surface area is 115 Å². The highest BCUT2D eigenvalue weighted by Crippen LogP contribution is 2.30. The second kappa shape index (κ2) is 5.72. The molecule has 0 aliphatic heterocycles. The van der Waals surface area contributed by atoms with E-state index >= 15 is 0 Å². The van der Waals surface area contributed by atoms with Crippen LogP contribution in [-0.4, -0.2) is 6.26 Å². The van der Waals surface area contributed by atoms with Crippen molar-refractivity contribution >= 4 is 11.8 Å². The van der Waals surface area contributed by atoms with Gasteiger partial charge < -0.3 is 5.73 Å². The fourth-order valence-corrected chi connectivity index (χ4v) is 2.64. The van der Waals surface area contributed by atoms with E-state index in [1.807, 2.05) is 30.5 Å². The first-order valence-corrected chi connectivity index (χ1v) is 7.11. The van der Waals surface area contributed by atoms with Gasteiger partial charge >= 0.3 is 0 Å². The zero-order valence-corrected chi connectivity index (χ0v) is 11.6. The van der Waals surface area contributed by atoms with E-state index in [0.29, 0.717) is 0 Å². The summed E-state index contributed by atoms with van der Waals surface area (Å²) in [6, 6.07) is 9.94. The van der Waals surface area contributed by atoms with Gasteiger partial charge in [-0.1, -0.05) is 30.3 Å². The molecule has 0 aliphatic carbocycles. The number of nitrogens with two attached hydrogens (primary N) is 1. The van der Waals surface area contributed by atoms with Gasteiger partial charge in [-0.3, -0.25) is 0 Å². The van der Waals surface area contributed by atoms with Crippen molar-refractivity contribution < 1.29 is 8.78 Å². The molecule has 0 radical (unpaired) electrons. The van der Waals surface area contributed by atoms with E-state index in [1.165, 1.54) is 18.7 Å². The Morgan fingerprint density at radius 2 is 1.68 bits per heavy atom. The third kappa shape index (κ3) is 2.65. The molecule has 2 rings (SSSR count). The number of rotatable bonds is 3. The summed E-state index contributed by atoms with van der Waals surface area (Å²) in [4.78, 5) is 0.968. The molecule has 0 bridgehead atoms. The van der Waals surface area contributed by atoms with Crippen molar-refractivity contribution in [2.24, 2.45) is 5.73 Å². The summed E-state index contributed by atoms with van der Waals surface area (Å²) in [7, 11) is 0. The van der Waals surface area contributed by atoms with Gasteiger partial charge in [-0.05, 0) is 30.4 Å². The van der Waals surface area contributed by atoms with Crippen molar-refractivity contribution in [2.75, 3.05) is 6.26 Å². The third-order valence-electron chi connectivity index (χ3n) is 3.11. The fourth-order valence-electron chi connectivity index (χ4n) is 1.99. The van der Waals surface area contributed by atoms with Crippen molar-refractivity contribution in [2.45, 2.75) is 17.9 Å².